The number of nitrogen functional groups attached to an aromatic ring is 1. The number of morpholine rings is 1. The molecule has 1 aliphatic heterocycles. The van der Waals surface area contributed by atoms with Gasteiger partial charge >= 0.3 is 6.36 Å². The van der Waals surface area contributed by atoms with Gasteiger partial charge in [0.15, 0.2) is 5.75 Å². The highest BCUT2D eigenvalue weighted by Crippen LogP contribution is 2.34. The number of benzene rings is 1. The highest BCUT2D eigenvalue weighted by Gasteiger charge is 2.33. The molecule has 2 rings (SSSR count). The van der Waals surface area contributed by atoms with Gasteiger partial charge in [0.05, 0.1) is 24.5 Å². The highest BCUT2D eigenvalue weighted by molar-refractivity contribution is 9.10. The van der Waals surface area contributed by atoms with Crippen LogP contribution in [0, 0.1) is 0 Å². The molecule has 0 aromatic heterocycles. The van der Waals surface area contributed by atoms with Gasteiger partial charge in [0.1, 0.15) is 0 Å². The van der Waals surface area contributed by atoms with Crippen LogP contribution in [0.1, 0.15) is 10.4 Å². The Morgan fingerprint density at radius 1 is 1.33 bits per heavy atom. The molecule has 1 saturated heterocycles. The molecule has 1 fully saturated rings. The van der Waals surface area contributed by atoms with E-state index in [2.05, 4.69) is 20.7 Å². The first-order chi connectivity index (χ1) is 9.78. The Morgan fingerprint density at radius 3 is 2.52 bits per heavy atom. The van der Waals surface area contributed by atoms with Crippen LogP contribution >= 0.6 is 15.9 Å². The van der Waals surface area contributed by atoms with Gasteiger partial charge in [-0.3, -0.25) is 4.79 Å². The molecule has 116 valence electrons. The number of amides is 1. The van der Waals surface area contributed by atoms with E-state index < -0.39 is 18.0 Å². The van der Waals surface area contributed by atoms with Crippen molar-refractivity contribution in [1.82, 2.24) is 4.90 Å². The molecule has 1 heterocycles. The molecular formula is C12H12BrF3N2O3. The van der Waals surface area contributed by atoms with Crippen LogP contribution in [0.3, 0.4) is 0 Å². The Kier molecular flexibility index (Phi) is 4.62. The van der Waals surface area contributed by atoms with E-state index in [4.69, 9.17) is 10.5 Å². The summed E-state index contributed by atoms with van der Waals surface area (Å²) in [5.41, 5.74) is 5.27. The first-order valence-electron chi connectivity index (χ1n) is 6.00. The maximum Gasteiger partial charge on any atom is 0.573 e. The fraction of sp³-hybridized carbons (Fsp3) is 0.417. The molecule has 0 aliphatic carbocycles. The fourth-order valence-electron chi connectivity index (χ4n) is 1.92. The molecule has 0 saturated carbocycles. The van der Waals surface area contributed by atoms with E-state index in [1.54, 1.807) is 0 Å². The lowest BCUT2D eigenvalue weighted by atomic mass is 10.1. The van der Waals surface area contributed by atoms with Crippen molar-refractivity contribution in [1.29, 1.82) is 0 Å². The second kappa shape index (κ2) is 6.10. The summed E-state index contributed by atoms with van der Waals surface area (Å²) in [6, 6.07) is 2.44. The SMILES string of the molecule is Nc1c(OC(F)(F)F)cc(Br)cc1C(=O)N1CCOCC1. The number of carbonyl (C=O) groups is 1. The van der Waals surface area contributed by atoms with Crippen LogP contribution in [0.25, 0.3) is 0 Å². The second-order valence-corrected chi connectivity index (χ2v) is 5.23. The summed E-state index contributed by atoms with van der Waals surface area (Å²) in [4.78, 5) is 13.8. The van der Waals surface area contributed by atoms with E-state index in [-0.39, 0.29) is 15.7 Å². The molecule has 21 heavy (non-hydrogen) atoms. The predicted octanol–water partition coefficient (Wildman–Crippen LogP) is 2.40. The summed E-state index contributed by atoms with van der Waals surface area (Å²) >= 11 is 3.05. The van der Waals surface area contributed by atoms with Gasteiger partial charge in [-0.15, -0.1) is 13.2 Å². The molecule has 9 heteroatoms. The Bertz CT molecular complexity index is 545. The van der Waals surface area contributed by atoms with E-state index >= 15 is 0 Å². The van der Waals surface area contributed by atoms with Crippen molar-refractivity contribution < 1.29 is 27.4 Å². The standard InChI is InChI=1S/C12H12BrF3N2O3/c13-7-5-8(11(19)18-1-3-20-4-2-18)10(17)9(6-7)21-12(14,15)16/h5-6H,1-4,17H2. The number of hydrogen-bond donors (Lipinski definition) is 1. The summed E-state index contributed by atoms with van der Waals surface area (Å²) in [5, 5.41) is 0. The minimum absolute atomic E-state index is 0.0366. The summed E-state index contributed by atoms with van der Waals surface area (Å²) in [6.07, 6.45) is -4.88. The number of nitrogens with two attached hydrogens (primary N) is 1. The minimum atomic E-state index is -4.88. The third kappa shape index (κ3) is 4.01. The second-order valence-electron chi connectivity index (χ2n) is 4.32. The summed E-state index contributed by atoms with van der Waals surface area (Å²) in [6.45, 7) is 1.48. The molecule has 1 aromatic carbocycles. The van der Waals surface area contributed by atoms with Gasteiger partial charge in [-0.05, 0) is 12.1 Å². The van der Waals surface area contributed by atoms with Crippen molar-refractivity contribution in [3.05, 3.63) is 22.2 Å². The lowest BCUT2D eigenvalue weighted by Gasteiger charge is -2.27. The van der Waals surface area contributed by atoms with Crippen molar-refractivity contribution in [2.75, 3.05) is 32.0 Å². The average Bonchev–Trinajstić information content (AvgIpc) is 2.41. The van der Waals surface area contributed by atoms with Gasteiger partial charge < -0.3 is 20.1 Å². The third-order valence-electron chi connectivity index (χ3n) is 2.86. The highest BCUT2D eigenvalue weighted by atomic mass is 79.9. The summed E-state index contributed by atoms with van der Waals surface area (Å²) in [7, 11) is 0. The largest absolute Gasteiger partial charge is 0.573 e. The minimum Gasteiger partial charge on any atom is -0.404 e. The predicted molar refractivity (Wildman–Crippen MR) is 72.0 cm³/mol. The van der Waals surface area contributed by atoms with Crippen LogP contribution in [0.2, 0.25) is 0 Å². The van der Waals surface area contributed by atoms with E-state index in [1.807, 2.05) is 0 Å². The fourth-order valence-corrected chi connectivity index (χ4v) is 2.35. The summed E-state index contributed by atoms with van der Waals surface area (Å²) in [5.74, 6) is -1.06. The lowest BCUT2D eigenvalue weighted by molar-refractivity contribution is -0.274. The van der Waals surface area contributed by atoms with Crippen molar-refractivity contribution in [3.63, 3.8) is 0 Å². The Labute approximate surface area is 126 Å². The lowest BCUT2D eigenvalue weighted by Crippen LogP contribution is -2.41. The van der Waals surface area contributed by atoms with Crippen LogP contribution in [-0.2, 0) is 4.74 Å². The number of carbonyl (C=O) groups excluding carboxylic acids is 1. The Hall–Kier alpha value is -1.48. The van der Waals surface area contributed by atoms with Gasteiger partial charge in [-0.25, -0.2) is 0 Å². The van der Waals surface area contributed by atoms with Crippen LogP contribution < -0.4 is 10.5 Å². The van der Waals surface area contributed by atoms with Gasteiger partial charge in [0, 0.05) is 17.6 Å². The van der Waals surface area contributed by atoms with E-state index in [0.717, 1.165) is 6.07 Å². The maximum atomic E-state index is 12.3. The van der Waals surface area contributed by atoms with Gasteiger partial charge in [-0.1, -0.05) is 15.9 Å². The first-order valence-corrected chi connectivity index (χ1v) is 6.79. The number of ether oxygens (including phenoxy) is 2. The number of halogens is 4. The van der Waals surface area contributed by atoms with Crippen molar-refractivity contribution in [2.45, 2.75) is 6.36 Å². The molecule has 0 spiro atoms. The number of nitrogens with zero attached hydrogens (tertiary/aromatic N) is 1. The van der Waals surface area contributed by atoms with Crippen molar-refractivity contribution >= 4 is 27.5 Å². The van der Waals surface area contributed by atoms with E-state index in [1.165, 1.54) is 11.0 Å². The maximum absolute atomic E-state index is 12.3. The van der Waals surface area contributed by atoms with Crippen LogP contribution in [0.4, 0.5) is 18.9 Å². The van der Waals surface area contributed by atoms with Crippen LogP contribution in [0.5, 0.6) is 5.75 Å². The average molecular weight is 369 g/mol. The molecular weight excluding hydrogens is 357 g/mol. The molecule has 1 amide bonds. The molecule has 2 N–H and O–H groups in total. The summed E-state index contributed by atoms with van der Waals surface area (Å²) < 4.78 is 46.2. The molecule has 1 aliphatic rings. The van der Waals surface area contributed by atoms with Crippen molar-refractivity contribution in [2.24, 2.45) is 0 Å². The van der Waals surface area contributed by atoms with Crippen LogP contribution in [0.15, 0.2) is 16.6 Å². The van der Waals surface area contributed by atoms with E-state index in [9.17, 15) is 18.0 Å². The first kappa shape index (κ1) is 15.9. The smallest absolute Gasteiger partial charge is 0.404 e. The third-order valence-corrected chi connectivity index (χ3v) is 3.32. The molecule has 1 aromatic rings. The number of rotatable bonds is 2. The zero-order chi connectivity index (χ0) is 15.6. The quantitative estimate of drug-likeness (QED) is 0.814. The zero-order valence-electron chi connectivity index (χ0n) is 10.7. The number of hydrogen-bond acceptors (Lipinski definition) is 4. The number of anilines is 1. The molecule has 5 nitrogen and oxygen atoms in total. The van der Waals surface area contributed by atoms with E-state index in [0.29, 0.717) is 26.3 Å². The van der Waals surface area contributed by atoms with Crippen LogP contribution in [-0.4, -0.2) is 43.5 Å². The van der Waals surface area contributed by atoms with Gasteiger partial charge in [0.2, 0.25) is 0 Å². The molecule has 0 atom stereocenters. The Balaban J connectivity index is 2.32. The Morgan fingerprint density at radius 2 is 1.95 bits per heavy atom. The molecule has 0 unspecified atom stereocenters. The van der Waals surface area contributed by atoms with Gasteiger partial charge in [-0.2, -0.15) is 0 Å². The number of alkyl halides is 3. The van der Waals surface area contributed by atoms with Gasteiger partial charge in [0.25, 0.3) is 5.91 Å². The molecule has 0 bridgehead atoms. The topological polar surface area (TPSA) is 64.8 Å². The monoisotopic (exact) mass is 368 g/mol. The van der Waals surface area contributed by atoms with Crippen molar-refractivity contribution in [3.8, 4) is 5.75 Å². The molecule has 0 radical (unpaired) electrons. The zero-order valence-corrected chi connectivity index (χ0v) is 12.3. The normalized spacial score (nSPS) is 15.9.